The van der Waals surface area contributed by atoms with E-state index in [9.17, 15) is 8.78 Å². The van der Waals surface area contributed by atoms with Crippen LogP contribution in [0, 0.1) is 11.6 Å². The van der Waals surface area contributed by atoms with Crippen molar-refractivity contribution in [2.75, 3.05) is 13.2 Å². The van der Waals surface area contributed by atoms with Crippen LogP contribution in [0.4, 0.5) is 8.78 Å². The maximum absolute atomic E-state index is 14.3. The summed E-state index contributed by atoms with van der Waals surface area (Å²) in [7, 11) is 0. The Labute approximate surface area is 206 Å². The van der Waals surface area contributed by atoms with E-state index in [0.29, 0.717) is 24.7 Å². The van der Waals surface area contributed by atoms with Crippen LogP contribution in [0.3, 0.4) is 0 Å². The lowest BCUT2D eigenvalue weighted by Crippen LogP contribution is -2.18. The molecule has 2 aromatic carbocycles. The van der Waals surface area contributed by atoms with Crippen molar-refractivity contribution in [1.82, 2.24) is 15.2 Å². The van der Waals surface area contributed by atoms with E-state index in [2.05, 4.69) is 16.3 Å². The van der Waals surface area contributed by atoms with Crippen molar-refractivity contribution < 1.29 is 28.2 Å². The second kappa shape index (κ2) is 10.6. The number of hydrogen-bond donors (Lipinski definition) is 2. The Kier molecular flexibility index (Phi) is 7.09. The lowest BCUT2D eigenvalue weighted by molar-refractivity contribution is -0.122. The number of aromatic nitrogens is 3. The van der Waals surface area contributed by atoms with Crippen LogP contribution in [-0.2, 0) is 9.53 Å². The van der Waals surface area contributed by atoms with Crippen molar-refractivity contribution >= 4 is 28.1 Å². The fourth-order valence-electron chi connectivity index (χ4n) is 5.21. The Balaban J connectivity index is 0.000000848. The number of nitrogens with one attached hydrogen (secondary N) is 1. The van der Waals surface area contributed by atoms with E-state index in [1.165, 1.54) is 12.1 Å². The quantitative estimate of drug-likeness (QED) is 0.339. The van der Waals surface area contributed by atoms with Crippen LogP contribution in [0.5, 0.6) is 5.88 Å². The van der Waals surface area contributed by atoms with E-state index in [0.717, 1.165) is 71.5 Å². The third-order valence-electron chi connectivity index (χ3n) is 6.95. The molecule has 0 bridgehead atoms. The maximum Gasteiger partial charge on any atom is 0.290 e. The average Bonchev–Trinajstić information content (AvgIpc) is 3.57. The number of halogens is 2. The number of nitrogens with zero attached hydrogens (tertiary/aromatic N) is 2. The summed E-state index contributed by atoms with van der Waals surface area (Å²) in [6.07, 6.45) is 7.93. The molecule has 2 aliphatic rings. The Bertz CT molecular complexity index is 1380. The molecule has 1 saturated heterocycles. The normalized spacial score (nSPS) is 16.7. The van der Waals surface area contributed by atoms with Crippen molar-refractivity contribution in [2.45, 2.75) is 50.5 Å². The van der Waals surface area contributed by atoms with Crippen LogP contribution < -0.4 is 4.74 Å². The van der Waals surface area contributed by atoms with Crippen molar-refractivity contribution in [2.24, 2.45) is 0 Å². The third-order valence-corrected chi connectivity index (χ3v) is 6.95. The molecule has 7 nitrogen and oxygen atoms in total. The summed E-state index contributed by atoms with van der Waals surface area (Å²) in [4.78, 5) is 13.4. The van der Waals surface area contributed by atoms with Gasteiger partial charge in [-0.1, -0.05) is 6.07 Å². The highest BCUT2D eigenvalue weighted by atomic mass is 19.2. The van der Waals surface area contributed by atoms with Gasteiger partial charge in [-0.05, 0) is 73.7 Å². The summed E-state index contributed by atoms with van der Waals surface area (Å²) in [5.41, 5.74) is 3.20. The summed E-state index contributed by atoms with van der Waals surface area (Å²) in [6.45, 7) is 1.06. The van der Waals surface area contributed by atoms with E-state index in [1.807, 2.05) is 6.07 Å². The minimum absolute atomic E-state index is 0.148. The zero-order valence-electron chi connectivity index (χ0n) is 19.7. The van der Waals surface area contributed by atoms with E-state index in [1.54, 1.807) is 12.3 Å². The van der Waals surface area contributed by atoms with Gasteiger partial charge in [0.05, 0.1) is 17.4 Å². The van der Waals surface area contributed by atoms with Crippen molar-refractivity contribution in [3.05, 3.63) is 53.9 Å². The molecule has 4 aromatic rings. The molecule has 188 valence electrons. The average molecular weight is 496 g/mol. The monoisotopic (exact) mass is 495 g/mol. The summed E-state index contributed by atoms with van der Waals surface area (Å²) in [5.74, 6) is -0.963. The molecule has 0 radical (unpaired) electrons. The number of carbonyl (C=O) groups is 1. The molecule has 2 fully saturated rings. The Morgan fingerprint density at radius 3 is 2.50 bits per heavy atom. The summed E-state index contributed by atoms with van der Waals surface area (Å²) in [5, 5.41) is 16.8. The second-order valence-corrected chi connectivity index (χ2v) is 9.18. The van der Waals surface area contributed by atoms with Crippen molar-refractivity contribution in [3.63, 3.8) is 0 Å². The SMILES string of the molecule is Fc1ccc(-c2c(C3CCOCC3)nc(OC3CCCC3)c3cc4[nH]ncc4cc23)cc1F.O=CO. The fraction of sp³-hybridized carbons (Fsp3) is 0.370. The minimum Gasteiger partial charge on any atom is -0.483 e. The molecule has 0 atom stereocenters. The van der Waals surface area contributed by atoms with Crippen LogP contribution in [0.15, 0.2) is 36.5 Å². The zero-order chi connectivity index (χ0) is 25.1. The van der Waals surface area contributed by atoms with Gasteiger partial charge in [0.1, 0.15) is 6.10 Å². The number of aromatic amines is 1. The van der Waals surface area contributed by atoms with Crippen molar-refractivity contribution in [1.29, 1.82) is 0 Å². The Morgan fingerprint density at radius 1 is 1.03 bits per heavy atom. The fourth-order valence-corrected chi connectivity index (χ4v) is 5.21. The molecule has 0 spiro atoms. The number of rotatable bonds is 4. The standard InChI is InChI=1S/C26H25F2N3O2.CH2O2/c27-21-6-5-16(12-22(21)28)24-19-11-17-14-29-31-23(17)13-20(19)26(33-18-3-1-2-4-18)30-25(24)15-7-9-32-10-8-15;2-1-3/h5-6,11-15,18H,1-4,7-10H2,(H,29,31);1H,(H,2,3). The first kappa shape index (κ1) is 24.1. The minimum atomic E-state index is -0.866. The van der Waals surface area contributed by atoms with Crippen LogP contribution in [0.1, 0.15) is 50.1 Å². The van der Waals surface area contributed by atoms with Crippen LogP contribution in [0.25, 0.3) is 32.8 Å². The van der Waals surface area contributed by atoms with Gasteiger partial charge in [0.25, 0.3) is 6.47 Å². The van der Waals surface area contributed by atoms with Gasteiger partial charge in [-0.2, -0.15) is 5.10 Å². The molecular weight excluding hydrogens is 468 g/mol. The number of fused-ring (bicyclic) bond motifs is 2. The molecule has 1 aliphatic carbocycles. The molecule has 2 N–H and O–H groups in total. The molecule has 1 saturated carbocycles. The predicted octanol–water partition coefficient (Wildman–Crippen LogP) is 5.97. The summed E-state index contributed by atoms with van der Waals surface area (Å²) >= 11 is 0. The number of ether oxygens (including phenoxy) is 2. The Morgan fingerprint density at radius 2 is 1.78 bits per heavy atom. The molecule has 3 heterocycles. The van der Waals surface area contributed by atoms with Gasteiger partial charge in [0.15, 0.2) is 11.6 Å². The number of hydrogen-bond acceptors (Lipinski definition) is 5. The smallest absolute Gasteiger partial charge is 0.290 e. The highest BCUT2D eigenvalue weighted by Gasteiger charge is 2.27. The molecule has 0 unspecified atom stereocenters. The number of benzene rings is 2. The van der Waals surface area contributed by atoms with Gasteiger partial charge < -0.3 is 14.6 Å². The molecule has 2 aromatic heterocycles. The number of carboxylic acid groups (broad SMARTS) is 1. The summed E-state index contributed by atoms with van der Waals surface area (Å²) in [6, 6.07) is 8.15. The van der Waals surface area contributed by atoms with E-state index < -0.39 is 11.6 Å². The molecule has 36 heavy (non-hydrogen) atoms. The highest BCUT2D eigenvalue weighted by molar-refractivity contribution is 6.06. The van der Waals surface area contributed by atoms with Gasteiger partial charge in [-0.25, -0.2) is 13.8 Å². The van der Waals surface area contributed by atoms with Gasteiger partial charge >= 0.3 is 0 Å². The van der Waals surface area contributed by atoms with Crippen LogP contribution in [-0.4, -0.2) is 46.1 Å². The third kappa shape index (κ3) is 4.75. The van der Waals surface area contributed by atoms with Gasteiger partial charge in [0.2, 0.25) is 5.88 Å². The second-order valence-electron chi connectivity index (χ2n) is 9.18. The molecular formula is C27H27F2N3O4. The number of H-pyrrole nitrogens is 1. The van der Waals surface area contributed by atoms with Crippen molar-refractivity contribution in [3.8, 4) is 17.0 Å². The van der Waals surface area contributed by atoms with E-state index in [-0.39, 0.29) is 18.5 Å². The zero-order valence-corrected chi connectivity index (χ0v) is 19.7. The van der Waals surface area contributed by atoms with E-state index >= 15 is 0 Å². The van der Waals surface area contributed by atoms with E-state index in [4.69, 9.17) is 24.4 Å². The van der Waals surface area contributed by atoms with Gasteiger partial charge in [-0.15, -0.1) is 0 Å². The highest BCUT2D eigenvalue weighted by Crippen LogP contribution is 2.43. The topological polar surface area (TPSA) is 97.3 Å². The van der Waals surface area contributed by atoms with Crippen LogP contribution in [0.2, 0.25) is 0 Å². The van der Waals surface area contributed by atoms with Gasteiger partial charge in [0, 0.05) is 35.5 Å². The largest absolute Gasteiger partial charge is 0.483 e. The first-order chi connectivity index (χ1) is 17.6. The van der Waals surface area contributed by atoms with Gasteiger partial charge in [-0.3, -0.25) is 9.89 Å². The molecule has 1 aliphatic heterocycles. The molecule has 0 amide bonds. The van der Waals surface area contributed by atoms with Crippen LogP contribution >= 0.6 is 0 Å². The molecule has 6 rings (SSSR count). The maximum atomic E-state index is 14.3. The lowest BCUT2D eigenvalue weighted by Gasteiger charge is -2.26. The number of pyridine rings is 1. The molecule has 9 heteroatoms. The summed E-state index contributed by atoms with van der Waals surface area (Å²) < 4.78 is 40.2. The first-order valence-corrected chi connectivity index (χ1v) is 12.2. The Hall–Kier alpha value is -3.59. The first-order valence-electron chi connectivity index (χ1n) is 12.2. The lowest BCUT2D eigenvalue weighted by atomic mass is 9.87. The predicted molar refractivity (Wildman–Crippen MR) is 131 cm³/mol.